The number of piperidine rings is 1. The standard InChI is InChI=1S/C21H27FN8O/c22-17-11-31-7-6-13(17)8-23-21-27-20-19(30-15-2-1-3-16(30)5-4-15)18(14-9-25-26-10-14)24-12-29(20)28-21/h9-10,12-13,15-17H,1-8,11H2,(H,23,28)(H,25,26)/t13-,15?,16?,17-/m1/s1. The van der Waals surface area contributed by atoms with Gasteiger partial charge in [0.25, 0.3) is 0 Å². The number of anilines is 2. The van der Waals surface area contributed by atoms with Gasteiger partial charge in [-0.3, -0.25) is 5.10 Å². The second kappa shape index (κ2) is 7.74. The molecule has 0 amide bonds. The Balaban J connectivity index is 1.38. The molecule has 3 fully saturated rings. The summed E-state index contributed by atoms with van der Waals surface area (Å²) in [7, 11) is 0. The molecule has 2 bridgehead atoms. The first kappa shape index (κ1) is 19.0. The highest BCUT2D eigenvalue weighted by atomic mass is 19.1. The van der Waals surface area contributed by atoms with Gasteiger partial charge in [0.15, 0.2) is 5.65 Å². The van der Waals surface area contributed by atoms with Crippen LogP contribution in [-0.2, 0) is 4.74 Å². The van der Waals surface area contributed by atoms with Crippen LogP contribution in [0.4, 0.5) is 16.0 Å². The molecule has 9 nitrogen and oxygen atoms in total. The lowest BCUT2D eigenvalue weighted by Gasteiger charge is -2.37. The molecular weight excluding hydrogens is 399 g/mol. The summed E-state index contributed by atoms with van der Waals surface area (Å²) in [6, 6.07) is 1.03. The molecule has 6 heterocycles. The molecule has 3 aliphatic heterocycles. The quantitative estimate of drug-likeness (QED) is 0.648. The minimum absolute atomic E-state index is 0.0858. The molecule has 0 radical (unpaired) electrons. The summed E-state index contributed by atoms with van der Waals surface area (Å²) in [5.74, 6) is 0.424. The molecule has 2 N–H and O–H groups in total. The Bertz CT molecular complexity index is 1040. The fraction of sp³-hybridized carbons (Fsp3) is 0.619. The number of nitrogens with zero attached hydrogens (tertiary/aromatic N) is 6. The number of halogens is 1. The molecule has 2 unspecified atom stereocenters. The van der Waals surface area contributed by atoms with Crippen LogP contribution in [0.25, 0.3) is 16.9 Å². The number of rotatable bonds is 5. The van der Waals surface area contributed by atoms with Gasteiger partial charge >= 0.3 is 0 Å². The van der Waals surface area contributed by atoms with Crippen LogP contribution in [0.3, 0.4) is 0 Å². The van der Waals surface area contributed by atoms with Crippen LogP contribution in [0.5, 0.6) is 0 Å². The van der Waals surface area contributed by atoms with Crippen molar-refractivity contribution >= 4 is 17.3 Å². The first-order valence-electron chi connectivity index (χ1n) is 11.3. The summed E-state index contributed by atoms with van der Waals surface area (Å²) in [5, 5.41) is 14.9. The molecule has 6 rings (SSSR count). The Morgan fingerprint density at radius 1 is 1.19 bits per heavy atom. The van der Waals surface area contributed by atoms with Gasteiger partial charge < -0.3 is 15.0 Å². The molecule has 0 aliphatic carbocycles. The van der Waals surface area contributed by atoms with Crippen LogP contribution < -0.4 is 10.2 Å². The number of hydrogen-bond donors (Lipinski definition) is 2. The first-order valence-corrected chi connectivity index (χ1v) is 11.3. The highest BCUT2D eigenvalue weighted by Crippen LogP contribution is 2.44. The maximum atomic E-state index is 14.1. The molecular formula is C21H27FN8O. The van der Waals surface area contributed by atoms with Crippen molar-refractivity contribution in [2.75, 3.05) is 30.0 Å². The van der Waals surface area contributed by atoms with Gasteiger partial charge in [-0.25, -0.2) is 9.37 Å². The zero-order valence-electron chi connectivity index (χ0n) is 17.4. The van der Waals surface area contributed by atoms with Crippen LogP contribution in [-0.4, -0.2) is 67.8 Å². The molecule has 0 spiro atoms. The van der Waals surface area contributed by atoms with Crippen molar-refractivity contribution in [1.82, 2.24) is 29.8 Å². The number of aromatic amines is 1. The van der Waals surface area contributed by atoms with Crippen molar-refractivity contribution in [2.24, 2.45) is 5.92 Å². The zero-order chi connectivity index (χ0) is 20.8. The van der Waals surface area contributed by atoms with Gasteiger partial charge in [-0.05, 0) is 38.5 Å². The Morgan fingerprint density at radius 2 is 2.06 bits per heavy atom. The summed E-state index contributed by atoms with van der Waals surface area (Å²) in [6.45, 7) is 1.27. The normalized spacial score (nSPS) is 28.4. The van der Waals surface area contributed by atoms with E-state index < -0.39 is 6.17 Å². The van der Waals surface area contributed by atoms with Crippen molar-refractivity contribution in [3.8, 4) is 11.3 Å². The predicted molar refractivity (Wildman–Crippen MR) is 114 cm³/mol. The van der Waals surface area contributed by atoms with Crippen molar-refractivity contribution in [1.29, 1.82) is 0 Å². The van der Waals surface area contributed by atoms with Gasteiger partial charge in [-0.1, -0.05) is 0 Å². The number of nitrogens with one attached hydrogen (secondary N) is 2. The molecule has 3 aromatic heterocycles. The monoisotopic (exact) mass is 426 g/mol. The minimum Gasteiger partial charge on any atom is -0.378 e. The molecule has 3 aliphatic rings. The van der Waals surface area contributed by atoms with Gasteiger partial charge in [0.2, 0.25) is 5.95 Å². The number of alkyl halides is 1. The Hall–Kier alpha value is -2.75. The molecule has 10 heteroatoms. The van der Waals surface area contributed by atoms with Crippen molar-refractivity contribution in [2.45, 2.75) is 56.8 Å². The third-order valence-corrected chi connectivity index (χ3v) is 7.03. The molecule has 0 aromatic carbocycles. The number of ether oxygens (including phenoxy) is 1. The smallest absolute Gasteiger partial charge is 0.243 e. The average Bonchev–Trinajstić information content (AvgIpc) is 3.50. The van der Waals surface area contributed by atoms with Crippen LogP contribution in [0.15, 0.2) is 18.7 Å². The number of aromatic nitrogens is 6. The fourth-order valence-corrected chi connectivity index (χ4v) is 5.43. The van der Waals surface area contributed by atoms with Crippen LogP contribution >= 0.6 is 0 Å². The summed E-state index contributed by atoms with van der Waals surface area (Å²) in [4.78, 5) is 12.1. The third-order valence-electron chi connectivity index (χ3n) is 7.03. The Labute approximate surface area is 179 Å². The lowest BCUT2D eigenvalue weighted by atomic mass is 9.99. The number of H-pyrrole nitrogens is 1. The van der Waals surface area contributed by atoms with Gasteiger partial charge in [-0.15, -0.1) is 5.10 Å². The van der Waals surface area contributed by atoms with E-state index in [0.29, 0.717) is 37.6 Å². The predicted octanol–water partition coefficient (Wildman–Crippen LogP) is 2.82. The lowest BCUT2D eigenvalue weighted by Crippen LogP contribution is -2.40. The maximum Gasteiger partial charge on any atom is 0.243 e. The largest absolute Gasteiger partial charge is 0.378 e. The highest BCUT2D eigenvalue weighted by Gasteiger charge is 2.39. The van der Waals surface area contributed by atoms with E-state index in [1.54, 1.807) is 17.0 Å². The Morgan fingerprint density at radius 3 is 2.84 bits per heavy atom. The molecule has 4 atom stereocenters. The highest BCUT2D eigenvalue weighted by molar-refractivity contribution is 5.86. The molecule has 164 valence electrons. The van der Waals surface area contributed by atoms with E-state index in [9.17, 15) is 4.39 Å². The summed E-state index contributed by atoms with van der Waals surface area (Å²) in [5.41, 5.74) is 3.65. The second-order valence-electron chi connectivity index (χ2n) is 8.88. The first-order chi connectivity index (χ1) is 15.3. The van der Waals surface area contributed by atoms with Crippen LogP contribution in [0.2, 0.25) is 0 Å². The van der Waals surface area contributed by atoms with Gasteiger partial charge in [0.1, 0.15) is 23.9 Å². The maximum absolute atomic E-state index is 14.1. The van der Waals surface area contributed by atoms with E-state index in [-0.39, 0.29) is 12.5 Å². The van der Waals surface area contributed by atoms with E-state index in [1.165, 1.54) is 32.1 Å². The summed E-state index contributed by atoms with van der Waals surface area (Å²) >= 11 is 0. The minimum atomic E-state index is -0.952. The van der Waals surface area contributed by atoms with Crippen molar-refractivity contribution < 1.29 is 9.13 Å². The third kappa shape index (κ3) is 3.33. The molecule has 3 aromatic rings. The van der Waals surface area contributed by atoms with E-state index in [4.69, 9.17) is 14.7 Å². The van der Waals surface area contributed by atoms with Crippen molar-refractivity contribution in [3.63, 3.8) is 0 Å². The topological polar surface area (TPSA) is 96.3 Å². The van der Waals surface area contributed by atoms with Crippen LogP contribution in [0, 0.1) is 5.92 Å². The molecule has 0 saturated carbocycles. The fourth-order valence-electron chi connectivity index (χ4n) is 5.43. The van der Waals surface area contributed by atoms with Crippen LogP contribution in [0.1, 0.15) is 38.5 Å². The van der Waals surface area contributed by atoms with Gasteiger partial charge in [-0.2, -0.15) is 14.6 Å². The van der Waals surface area contributed by atoms with Gasteiger partial charge in [0, 0.05) is 42.9 Å². The zero-order valence-corrected chi connectivity index (χ0v) is 17.4. The van der Waals surface area contributed by atoms with E-state index in [2.05, 4.69) is 25.5 Å². The SMILES string of the molecule is F[C@@H]1COCC[C@@H]1CNc1nc2c(N3C4CCCC3CC4)c(-c3cn[nH]c3)ncn2n1. The Kier molecular flexibility index (Phi) is 4.74. The van der Waals surface area contributed by atoms with Crippen molar-refractivity contribution in [3.05, 3.63) is 18.7 Å². The van der Waals surface area contributed by atoms with Gasteiger partial charge in [0.05, 0.1) is 12.8 Å². The van der Waals surface area contributed by atoms with E-state index in [1.807, 2.05) is 6.20 Å². The average molecular weight is 427 g/mol. The lowest BCUT2D eigenvalue weighted by molar-refractivity contribution is 0.00273. The number of hydrogen-bond acceptors (Lipinski definition) is 7. The summed E-state index contributed by atoms with van der Waals surface area (Å²) in [6.07, 6.45) is 11.2. The van der Waals surface area contributed by atoms with E-state index in [0.717, 1.165) is 22.6 Å². The molecule has 31 heavy (non-hydrogen) atoms. The summed E-state index contributed by atoms with van der Waals surface area (Å²) < 4.78 is 21.1. The molecule has 3 saturated heterocycles. The second-order valence-corrected chi connectivity index (χ2v) is 8.88. The van der Waals surface area contributed by atoms with E-state index >= 15 is 0 Å². The number of fused-ring (bicyclic) bond motifs is 3.